The van der Waals surface area contributed by atoms with E-state index in [1.807, 2.05) is 9.80 Å². The maximum absolute atomic E-state index is 13.3. The van der Waals surface area contributed by atoms with E-state index in [2.05, 4.69) is 16.2 Å². The smallest absolute Gasteiger partial charge is 0.257 e. The molecular formula is C21H23N7O2. The van der Waals surface area contributed by atoms with Gasteiger partial charge in [-0.2, -0.15) is 10.4 Å². The number of hydrogen-bond donors (Lipinski definition) is 1. The second-order valence-electron chi connectivity index (χ2n) is 9.38. The first-order valence-electron chi connectivity index (χ1n) is 10.5. The predicted molar refractivity (Wildman–Crippen MR) is 107 cm³/mol. The minimum atomic E-state index is -0.815. The molecule has 2 N–H and O–H groups in total. The number of nitriles is 1. The van der Waals surface area contributed by atoms with Crippen molar-refractivity contribution in [1.29, 1.82) is 5.26 Å². The fourth-order valence-electron chi connectivity index (χ4n) is 6.03. The highest BCUT2D eigenvalue weighted by Gasteiger charge is 2.76. The first-order valence-corrected chi connectivity index (χ1v) is 10.5. The summed E-state index contributed by atoms with van der Waals surface area (Å²) in [4.78, 5) is 34.5. The summed E-state index contributed by atoms with van der Waals surface area (Å²) in [7, 11) is 1.78. The summed E-state index contributed by atoms with van der Waals surface area (Å²) < 4.78 is 1.62. The lowest BCUT2D eigenvalue weighted by Gasteiger charge is -2.37. The molecule has 1 spiro atoms. The van der Waals surface area contributed by atoms with Gasteiger partial charge in [0, 0.05) is 31.7 Å². The number of hydrogen-bond acceptors (Lipinski definition) is 6. The summed E-state index contributed by atoms with van der Waals surface area (Å²) in [5.74, 6) is -0.163. The van der Waals surface area contributed by atoms with Crippen molar-refractivity contribution < 1.29 is 9.59 Å². The van der Waals surface area contributed by atoms with Crippen LogP contribution in [0.3, 0.4) is 0 Å². The van der Waals surface area contributed by atoms with E-state index in [0.29, 0.717) is 41.8 Å². The molecule has 0 aromatic carbocycles. The first-order chi connectivity index (χ1) is 14.4. The molecule has 4 heterocycles. The number of carbonyl (C=O) groups is 2. The Kier molecular flexibility index (Phi) is 3.25. The van der Waals surface area contributed by atoms with Crippen LogP contribution < -0.4 is 5.73 Å². The molecule has 1 unspecified atom stereocenters. The van der Waals surface area contributed by atoms with Crippen LogP contribution in [0.1, 0.15) is 42.5 Å². The zero-order valence-corrected chi connectivity index (χ0v) is 16.8. The molecule has 0 radical (unpaired) electrons. The normalized spacial score (nSPS) is 30.5. The van der Waals surface area contributed by atoms with Gasteiger partial charge < -0.3 is 15.5 Å². The van der Waals surface area contributed by atoms with E-state index in [-0.39, 0.29) is 29.3 Å². The number of nitrogen functional groups attached to an aromatic ring is 1. The third-order valence-electron chi connectivity index (χ3n) is 8.05. The Bertz CT molecular complexity index is 1160. The van der Waals surface area contributed by atoms with Crippen molar-refractivity contribution in [2.45, 2.75) is 44.2 Å². The van der Waals surface area contributed by atoms with Crippen LogP contribution in [0.2, 0.25) is 0 Å². The third-order valence-corrected chi connectivity index (χ3v) is 8.05. The third kappa shape index (κ3) is 1.96. The quantitative estimate of drug-likeness (QED) is 0.797. The van der Waals surface area contributed by atoms with Crippen molar-refractivity contribution in [2.75, 3.05) is 18.8 Å². The molecule has 2 bridgehead atoms. The van der Waals surface area contributed by atoms with Gasteiger partial charge in [-0.1, -0.05) is 6.42 Å². The topological polar surface area (TPSA) is 121 Å². The predicted octanol–water partition coefficient (Wildman–Crippen LogP) is 1.06. The summed E-state index contributed by atoms with van der Waals surface area (Å²) >= 11 is 0. The van der Waals surface area contributed by atoms with E-state index < -0.39 is 5.41 Å². The molecule has 3 atom stereocenters. The molecule has 6 rings (SSSR count). The van der Waals surface area contributed by atoms with Crippen molar-refractivity contribution in [3.63, 3.8) is 0 Å². The summed E-state index contributed by atoms with van der Waals surface area (Å²) in [6.45, 7) is 0.978. The maximum Gasteiger partial charge on any atom is 0.257 e. The number of anilines is 1. The van der Waals surface area contributed by atoms with Crippen LogP contribution in [-0.4, -0.2) is 61.6 Å². The van der Waals surface area contributed by atoms with Gasteiger partial charge in [-0.15, -0.1) is 0 Å². The lowest BCUT2D eigenvalue weighted by Crippen LogP contribution is -2.53. The van der Waals surface area contributed by atoms with E-state index in [0.717, 1.165) is 25.7 Å². The molecule has 2 saturated carbocycles. The van der Waals surface area contributed by atoms with Gasteiger partial charge in [0.1, 0.15) is 5.41 Å². The van der Waals surface area contributed by atoms with Crippen LogP contribution in [0.15, 0.2) is 12.4 Å². The minimum absolute atomic E-state index is 0.0118. The van der Waals surface area contributed by atoms with Gasteiger partial charge in [0.2, 0.25) is 5.91 Å². The second-order valence-corrected chi connectivity index (χ2v) is 9.38. The zero-order chi connectivity index (χ0) is 20.8. The lowest BCUT2D eigenvalue weighted by atomic mass is 9.75. The minimum Gasteiger partial charge on any atom is -0.397 e. The highest BCUT2D eigenvalue weighted by Crippen LogP contribution is 2.74. The Morgan fingerprint density at radius 2 is 1.97 bits per heavy atom. The molecule has 4 fully saturated rings. The molecule has 9 heteroatoms. The number of likely N-dealkylation sites (tertiary alicyclic amines) is 2. The Labute approximate surface area is 173 Å². The van der Waals surface area contributed by atoms with Crippen molar-refractivity contribution in [2.24, 2.45) is 17.9 Å². The monoisotopic (exact) mass is 405 g/mol. The van der Waals surface area contributed by atoms with Gasteiger partial charge in [-0.25, -0.2) is 4.98 Å². The van der Waals surface area contributed by atoms with Gasteiger partial charge in [0.15, 0.2) is 5.65 Å². The molecule has 2 amide bonds. The second kappa shape index (κ2) is 5.50. The zero-order valence-electron chi connectivity index (χ0n) is 16.8. The molecule has 30 heavy (non-hydrogen) atoms. The fourth-order valence-corrected chi connectivity index (χ4v) is 6.03. The van der Waals surface area contributed by atoms with Gasteiger partial charge in [-0.3, -0.25) is 14.3 Å². The van der Waals surface area contributed by atoms with E-state index in [1.165, 1.54) is 6.20 Å². The van der Waals surface area contributed by atoms with Crippen LogP contribution in [0.25, 0.3) is 11.0 Å². The number of aryl methyl sites for hydroxylation is 1. The fraction of sp³-hybridized carbons (Fsp3) is 0.571. The standard InChI is InChI=1S/C21H23N7O2/c1-26-17-14(7-25-26)16(23)15(6-24-17)18(29)27-8-13-5-12(27)9-28(13)19(30)21(11-22)10-20(21)3-2-4-20/h6-7,12-13H,2-5,8-10H2,1H3,(H2,23,24)/t12-,13-,21?/m0/s1. The maximum atomic E-state index is 13.3. The van der Waals surface area contributed by atoms with Crippen molar-refractivity contribution in [3.8, 4) is 6.07 Å². The van der Waals surface area contributed by atoms with E-state index in [9.17, 15) is 14.9 Å². The van der Waals surface area contributed by atoms with Crippen LogP contribution in [0.5, 0.6) is 0 Å². The summed E-state index contributed by atoms with van der Waals surface area (Å²) in [6.07, 6.45) is 7.70. The number of aromatic nitrogens is 3. The van der Waals surface area contributed by atoms with E-state index in [1.54, 1.807) is 17.9 Å². The van der Waals surface area contributed by atoms with Gasteiger partial charge in [0.05, 0.1) is 41.0 Å². The van der Waals surface area contributed by atoms with Gasteiger partial charge in [0.25, 0.3) is 5.91 Å². The molecule has 4 aliphatic rings. The number of nitrogens with two attached hydrogens (primary N) is 1. The summed E-state index contributed by atoms with van der Waals surface area (Å²) in [6, 6.07) is 2.30. The number of nitrogens with zero attached hydrogens (tertiary/aromatic N) is 6. The molecule has 9 nitrogen and oxygen atoms in total. The number of fused-ring (bicyclic) bond motifs is 3. The molecule has 2 saturated heterocycles. The number of pyridine rings is 1. The molecule has 2 aromatic rings. The molecule has 154 valence electrons. The molecule has 2 aliphatic heterocycles. The number of rotatable bonds is 2. The lowest BCUT2D eigenvalue weighted by molar-refractivity contribution is -0.139. The number of carbonyl (C=O) groups excluding carboxylic acids is 2. The van der Waals surface area contributed by atoms with Crippen molar-refractivity contribution in [3.05, 3.63) is 18.0 Å². The van der Waals surface area contributed by atoms with E-state index >= 15 is 0 Å². The van der Waals surface area contributed by atoms with Crippen molar-refractivity contribution >= 4 is 28.5 Å². The van der Waals surface area contributed by atoms with Crippen LogP contribution >= 0.6 is 0 Å². The largest absolute Gasteiger partial charge is 0.397 e. The Morgan fingerprint density at radius 1 is 1.23 bits per heavy atom. The number of piperazine rings is 1. The van der Waals surface area contributed by atoms with Crippen molar-refractivity contribution in [1.82, 2.24) is 24.6 Å². The molecule has 2 aliphatic carbocycles. The van der Waals surface area contributed by atoms with Crippen LogP contribution in [0, 0.1) is 22.2 Å². The van der Waals surface area contributed by atoms with Gasteiger partial charge in [-0.05, 0) is 25.7 Å². The number of amides is 2. The molecular weight excluding hydrogens is 382 g/mol. The van der Waals surface area contributed by atoms with Crippen LogP contribution in [0.4, 0.5) is 5.69 Å². The first kappa shape index (κ1) is 17.7. The highest BCUT2D eigenvalue weighted by atomic mass is 16.2. The SMILES string of the molecule is Cn1ncc2c(N)c(C(=O)N3C[C@@H]4C[C@H]3CN4C(=O)C3(C#N)CC34CCC4)cnc21. The highest BCUT2D eigenvalue weighted by molar-refractivity contribution is 6.06. The molecule has 2 aromatic heterocycles. The van der Waals surface area contributed by atoms with Gasteiger partial charge >= 0.3 is 0 Å². The summed E-state index contributed by atoms with van der Waals surface area (Å²) in [5, 5.41) is 14.6. The average Bonchev–Trinajstić information content (AvgIpc) is 2.99. The van der Waals surface area contributed by atoms with Crippen LogP contribution in [-0.2, 0) is 11.8 Å². The summed E-state index contributed by atoms with van der Waals surface area (Å²) in [5.41, 5.74) is 6.80. The Morgan fingerprint density at radius 3 is 2.57 bits per heavy atom. The Hall–Kier alpha value is -3.15. The Balaban J connectivity index is 1.22. The van der Waals surface area contributed by atoms with E-state index in [4.69, 9.17) is 5.73 Å². The average molecular weight is 405 g/mol.